The van der Waals surface area contributed by atoms with Crippen molar-refractivity contribution < 1.29 is 38.6 Å². The monoisotopic (exact) mass is 1030 g/mol. The number of nitrogens with zero attached hydrogens (tertiary/aromatic N) is 2. The van der Waals surface area contributed by atoms with E-state index in [1.165, 1.54) is 16.0 Å². The highest BCUT2D eigenvalue weighted by molar-refractivity contribution is 7.80. The van der Waals surface area contributed by atoms with E-state index >= 15 is 0 Å². The highest BCUT2D eigenvalue weighted by Crippen LogP contribution is 2.46. The largest absolute Gasteiger partial charge is 0.353 e. The van der Waals surface area contributed by atoms with E-state index < -0.39 is 0 Å². The topological polar surface area (TPSA) is 105 Å². The molecule has 0 amide bonds. The van der Waals surface area contributed by atoms with Gasteiger partial charge in [-0.2, -0.15) is 5.06 Å². The van der Waals surface area contributed by atoms with Crippen molar-refractivity contribution in [1.82, 2.24) is 5.06 Å². The molecule has 0 aromatic heterocycles. The van der Waals surface area contributed by atoms with Crippen molar-refractivity contribution in [3.63, 3.8) is 0 Å². The van der Waals surface area contributed by atoms with Crippen molar-refractivity contribution >= 4 is 40.1 Å². The van der Waals surface area contributed by atoms with Crippen molar-refractivity contribution in [2.45, 2.75) is 246 Å². The SMILES string of the molecule is CC(C)C(=O)C(=O)C(C)C.CC(C)C(=O)C(C)C.CC(C)C(=S)C(C)C.CC(C)C(C(C)C)=[N+](C)O.CC(C)C(C)C(C)C.CC(C)C(C)C(C)C.CC(C)ON(C)C(C)C.COC1(OC)C(C)CC1C. The summed E-state index contributed by atoms with van der Waals surface area (Å²) in [4.78, 5) is 39.2. The molecule has 0 bridgehead atoms. The minimum absolute atomic E-state index is 0.157. The van der Waals surface area contributed by atoms with Gasteiger partial charge in [0.1, 0.15) is 5.78 Å². The Labute approximate surface area is 450 Å². The number of hydroxylamine groups is 3. The number of carbonyl (C=O) groups excluding carboxylic acids is 3. The number of ketones is 3. The molecule has 430 valence electrons. The quantitative estimate of drug-likeness (QED) is 0.0273. The van der Waals surface area contributed by atoms with Gasteiger partial charge in [0.15, 0.2) is 12.8 Å². The molecule has 1 aliphatic rings. The van der Waals surface area contributed by atoms with Crippen LogP contribution < -0.4 is 0 Å². The predicted molar refractivity (Wildman–Crippen MR) is 316 cm³/mol. The van der Waals surface area contributed by atoms with Crippen LogP contribution in [-0.4, -0.2) is 89.2 Å². The van der Waals surface area contributed by atoms with Crippen molar-refractivity contribution in [3.05, 3.63) is 0 Å². The Kier molecular flexibility index (Phi) is 52.5. The second kappa shape index (κ2) is 44.7. The molecule has 0 aromatic carbocycles. The first kappa shape index (κ1) is 83.4. The highest BCUT2D eigenvalue weighted by Gasteiger charge is 2.51. The van der Waals surface area contributed by atoms with Gasteiger partial charge in [0, 0.05) is 74.7 Å². The second-order valence-corrected chi connectivity index (χ2v) is 24.8. The minimum Gasteiger partial charge on any atom is -0.353 e. The van der Waals surface area contributed by atoms with E-state index in [2.05, 4.69) is 152 Å². The van der Waals surface area contributed by atoms with Gasteiger partial charge in [-0.05, 0) is 91.1 Å². The third-order valence-corrected chi connectivity index (χ3v) is 14.1. The molecule has 0 saturated heterocycles. The first-order valence-electron chi connectivity index (χ1n) is 27.8. The molecule has 9 nitrogen and oxygen atoms in total. The summed E-state index contributed by atoms with van der Waals surface area (Å²) >= 11 is 5.10. The fraction of sp³-hybridized carbons (Fsp3) is 0.918. The Morgan fingerprint density at radius 3 is 0.817 bits per heavy atom. The molecule has 1 N–H and O–H groups in total. The molecule has 2 unspecified atom stereocenters. The van der Waals surface area contributed by atoms with Gasteiger partial charge in [-0.25, -0.2) is 0 Å². The fourth-order valence-electron chi connectivity index (χ4n) is 7.38. The molecular weight excluding hydrogens is 905 g/mol. The van der Waals surface area contributed by atoms with Crippen LogP contribution in [0.15, 0.2) is 0 Å². The predicted octanol–water partition coefficient (Wildman–Crippen LogP) is 16.9. The van der Waals surface area contributed by atoms with Crippen LogP contribution in [0.3, 0.4) is 0 Å². The lowest BCUT2D eigenvalue weighted by atomic mass is 9.70. The summed E-state index contributed by atoms with van der Waals surface area (Å²) in [7, 11) is 7.06. The molecular formula is C61H129N2O7S+. The maximum absolute atomic E-state index is 10.9. The summed E-state index contributed by atoms with van der Waals surface area (Å²) < 4.78 is 11.9. The van der Waals surface area contributed by atoms with Gasteiger partial charge in [0.05, 0.1) is 6.10 Å². The summed E-state index contributed by atoms with van der Waals surface area (Å²) in [5, 5.41) is 11.0. The number of ether oxygens (including phenoxy) is 2. The minimum atomic E-state index is -0.278. The van der Waals surface area contributed by atoms with E-state index in [4.69, 9.17) is 31.7 Å². The summed E-state index contributed by atoms with van der Waals surface area (Å²) in [6.07, 6.45) is 1.50. The van der Waals surface area contributed by atoms with E-state index in [-0.39, 0.29) is 47.1 Å². The zero-order chi connectivity index (χ0) is 58.8. The van der Waals surface area contributed by atoms with Crippen molar-refractivity contribution in [2.75, 3.05) is 28.3 Å². The maximum Gasteiger partial charge on any atom is 0.208 e. The maximum atomic E-state index is 10.9. The van der Waals surface area contributed by atoms with E-state index in [1.807, 2.05) is 53.7 Å². The molecule has 1 fully saturated rings. The van der Waals surface area contributed by atoms with Crippen LogP contribution in [0.1, 0.15) is 228 Å². The molecule has 1 rings (SSSR count). The molecule has 1 saturated carbocycles. The lowest BCUT2D eigenvalue weighted by Crippen LogP contribution is -2.56. The normalized spacial score (nSPS) is 14.9. The average molecular weight is 1030 g/mol. The van der Waals surface area contributed by atoms with Crippen LogP contribution in [-0.2, 0) is 28.7 Å². The number of thiocarbonyl (C=S) groups is 1. The van der Waals surface area contributed by atoms with Crippen molar-refractivity contribution in [1.29, 1.82) is 0 Å². The summed E-state index contributed by atoms with van der Waals surface area (Å²) in [5.74, 6) is 7.85. The highest BCUT2D eigenvalue weighted by atomic mass is 32.1. The molecule has 0 heterocycles. The smallest absolute Gasteiger partial charge is 0.208 e. The van der Waals surface area contributed by atoms with Crippen molar-refractivity contribution in [3.8, 4) is 0 Å². The van der Waals surface area contributed by atoms with Crippen LogP contribution in [0.4, 0.5) is 0 Å². The number of Topliss-reactive ketones (excluding diaryl/α,β-unsaturated/α-hetero) is 3. The standard InChI is InChI=1S/C8H18NO.C8H16O2.C8H14O2.2C8H18.C7H17NO.C7H14O.C7H14S/c1-6(2)8(7(3)4)9(5)10;1-6-5-7(2)8(6,9-3)10-4;1-5(2)7(9)8(10)6(3)4;2*1-6(2)8(5)7(3)4;1-6(2)8(5)9-7(3)4;2*1-5(2)7(8)6(3)4/h6-7,10H,1-5H3;6-7H,5H2,1-4H3;5-6H,1-4H3;2*6-8H,1-5H3;6-7H,1-5H3;2*5-6H,1-4H3/q+1;;;;;;;. The average Bonchev–Trinajstić information content (AvgIpc) is 3.22. The lowest BCUT2D eigenvalue weighted by Gasteiger charge is -2.50. The van der Waals surface area contributed by atoms with Gasteiger partial charge in [-0.1, -0.05) is 206 Å². The van der Waals surface area contributed by atoms with E-state index in [0.29, 0.717) is 47.3 Å². The van der Waals surface area contributed by atoms with Crippen LogP contribution in [0.2, 0.25) is 0 Å². The molecule has 0 aliphatic heterocycles. The molecule has 2 atom stereocenters. The van der Waals surface area contributed by atoms with Gasteiger partial charge in [-0.15, -0.1) is 0 Å². The summed E-state index contributed by atoms with van der Waals surface area (Å²) in [5.41, 5.74) is 1.08. The molecule has 71 heavy (non-hydrogen) atoms. The molecule has 10 heteroatoms. The van der Waals surface area contributed by atoms with Gasteiger partial charge < -0.3 is 9.47 Å². The van der Waals surface area contributed by atoms with Crippen LogP contribution in [0.25, 0.3) is 0 Å². The first-order valence-corrected chi connectivity index (χ1v) is 28.2. The van der Waals surface area contributed by atoms with Crippen LogP contribution in [0, 0.1) is 94.7 Å². The Bertz CT molecular complexity index is 1240. The van der Waals surface area contributed by atoms with E-state index in [0.717, 1.165) is 41.2 Å². The second-order valence-electron chi connectivity index (χ2n) is 24.4. The van der Waals surface area contributed by atoms with Gasteiger partial charge in [0.25, 0.3) is 0 Å². The third kappa shape index (κ3) is 42.3. The first-order chi connectivity index (χ1) is 31.8. The van der Waals surface area contributed by atoms with Gasteiger partial charge in [-0.3, -0.25) is 24.4 Å². The molecule has 0 aromatic rings. The lowest BCUT2D eigenvalue weighted by molar-refractivity contribution is -0.757. The number of rotatable bonds is 18. The van der Waals surface area contributed by atoms with Crippen molar-refractivity contribution in [2.24, 2.45) is 94.7 Å². The van der Waals surface area contributed by atoms with Gasteiger partial charge >= 0.3 is 0 Å². The van der Waals surface area contributed by atoms with E-state index in [9.17, 15) is 14.4 Å². The molecule has 0 radical (unpaired) electrons. The summed E-state index contributed by atoms with van der Waals surface area (Å²) in [6.45, 7) is 67.1. The number of hydrogen-bond acceptors (Lipinski definition) is 9. The Morgan fingerprint density at radius 2 is 0.775 bits per heavy atom. The zero-order valence-electron chi connectivity index (χ0n) is 54.3. The fourth-order valence-corrected chi connectivity index (χ4v) is 7.38. The zero-order valence-corrected chi connectivity index (χ0v) is 55.1. The summed E-state index contributed by atoms with van der Waals surface area (Å²) in [6, 6.07) is 0.465. The Balaban J connectivity index is -0.000000132. The number of hydrogen-bond donors (Lipinski definition) is 1. The van der Waals surface area contributed by atoms with Gasteiger partial charge in [0.2, 0.25) is 17.3 Å². The Hall–Kier alpha value is -1.59. The molecule has 0 spiro atoms. The number of carbonyl (C=O) groups is 3. The third-order valence-electron chi connectivity index (χ3n) is 13.2. The van der Waals surface area contributed by atoms with Crippen LogP contribution >= 0.6 is 12.2 Å². The van der Waals surface area contributed by atoms with Crippen LogP contribution in [0.5, 0.6) is 0 Å². The van der Waals surface area contributed by atoms with E-state index in [1.54, 1.807) is 49.0 Å². The number of methoxy groups -OCH3 is 2. The Morgan fingerprint density at radius 1 is 0.507 bits per heavy atom. The molecule has 1 aliphatic carbocycles.